The fourth-order valence-electron chi connectivity index (χ4n) is 3.74. The van der Waals surface area contributed by atoms with E-state index in [2.05, 4.69) is 52.2 Å². The van der Waals surface area contributed by atoms with Crippen LogP contribution >= 0.6 is 15.9 Å². The highest BCUT2D eigenvalue weighted by Crippen LogP contribution is 2.16. The number of ketones is 1. The smallest absolute Gasteiger partial charge is 0.251 e. The molecule has 0 saturated heterocycles. The molecule has 6 nitrogen and oxygen atoms in total. The summed E-state index contributed by atoms with van der Waals surface area (Å²) < 4.78 is 6.78. The second kappa shape index (κ2) is 16.5. The topological polar surface area (TPSA) is 70.7 Å². The molecule has 0 aliphatic heterocycles. The van der Waals surface area contributed by atoms with Gasteiger partial charge in [0, 0.05) is 23.0 Å². The summed E-state index contributed by atoms with van der Waals surface area (Å²) in [6.45, 7) is 11.7. The molecule has 0 bridgehead atoms. The fraction of sp³-hybridized carbons (Fsp3) is 0.500. The second-order valence-electron chi connectivity index (χ2n) is 8.58. The summed E-state index contributed by atoms with van der Waals surface area (Å²) in [4.78, 5) is 28.2. The monoisotopic (exact) mass is 545 g/mol. The van der Waals surface area contributed by atoms with Crippen LogP contribution in [-0.2, 0) is 11.2 Å². The third kappa shape index (κ3) is 10.9. The second-order valence-corrected chi connectivity index (χ2v) is 9.49. The van der Waals surface area contributed by atoms with E-state index in [1.807, 2.05) is 36.4 Å². The van der Waals surface area contributed by atoms with E-state index in [9.17, 15) is 9.59 Å². The number of amides is 1. The summed E-state index contributed by atoms with van der Waals surface area (Å²) in [5, 5.41) is 6.29. The van der Waals surface area contributed by atoms with Crippen molar-refractivity contribution in [1.82, 2.24) is 15.5 Å². The number of hydrogen-bond acceptors (Lipinski definition) is 5. The molecule has 0 aliphatic rings. The number of benzene rings is 2. The molecule has 1 amide bonds. The largest absolute Gasteiger partial charge is 0.492 e. The lowest BCUT2D eigenvalue weighted by atomic mass is 9.99. The maximum atomic E-state index is 13.1. The summed E-state index contributed by atoms with van der Waals surface area (Å²) >= 11 is 3.39. The van der Waals surface area contributed by atoms with Gasteiger partial charge in [-0.2, -0.15) is 0 Å². The van der Waals surface area contributed by atoms with Gasteiger partial charge in [0.05, 0.1) is 6.04 Å². The van der Waals surface area contributed by atoms with Crippen LogP contribution in [0.15, 0.2) is 53.0 Å². The molecule has 0 heterocycles. The number of nitrogens with zero attached hydrogens (tertiary/aromatic N) is 1. The zero-order chi connectivity index (χ0) is 25.5. The molecule has 2 aromatic rings. The Kier molecular flexibility index (Phi) is 13.6. The van der Waals surface area contributed by atoms with Gasteiger partial charge < -0.3 is 20.3 Å². The van der Waals surface area contributed by atoms with Crippen molar-refractivity contribution < 1.29 is 14.3 Å². The predicted octanol–water partition coefficient (Wildman–Crippen LogP) is 4.86. The van der Waals surface area contributed by atoms with E-state index in [0.717, 1.165) is 61.4 Å². The lowest BCUT2D eigenvalue weighted by Crippen LogP contribution is -2.42. The van der Waals surface area contributed by atoms with Crippen LogP contribution < -0.4 is 15.4 Å². The Bertz CT molecular complexity index is 883. The first-order chi connectivity index (χ1) is 17.0. The van der Waals surface area contributed by atoms with Crippen LogP contribution in [0.2, 0.25) is 0 Å². The summed E-state index contributed by atoms with van der Waals surface area (Å²) in [5.41, 5.74) is 1.52. The van der Waals surface area contributed by atoms with E-state index in [1.165, 1.54) is 0 Å². The predicted molar refractivity (Wildman–Crippen MR) is 146 cm³/mol. The molecule has 7 heteroatoms. The number of likely N-dealkylation sites (N-methyl/N-ethyl adjacent to an activating group) is 1. The van der Waals surface area contributed by atoms with E-state index >= 15 is 0 Å². The van der Waals surface area contributed by atoms with Gasteiger partial charge in [-0.25, -0.2) is 0 Å². The van der Waals surface area contributed by atoms with Crippen molar-refractivity contribution in [1.29, 1.82) is 0 Å². The molecule has 1 unspecified atom stereocenters. The van der Waals surface area contributed by atoms with Crippen LogP contribution in [0.25, 0.3) is 0 Å². The molecule has 0 aromatic heterocycles. The molecule has 0 fully saturated rings. The van der Waals surface area contributed by atoms with Gasteiger partial charge in [0.25, 0.3) is 5.91 Å². The van der Waals surface area contributed by atoms with Gasteiger partial charge >= 0.3 is 0 Å². The van der Waals surface area contributed by atoms with Gasteiger partial charge in [0.2, 0.25) is 0 Å². The van der Waals surface area contributed by atoms with Gasteiger partial charge in [-0.1, -0.05) is 48.8 Å². The minimum absolute atomic E-state index is 0.0494. The van der Waals surface area contributed by atoms with Crippen molar-refractivity contribution in [2.45, 2.75) is 52.5 Å². The molecule has 35 heavy (non-hydrogen) atoms. The molecule has 2 aromatic carbocycles. The lowest BCUT2D eigenvalue weighted by molar-refractivity contribution is -0.121. The van der Waals surface area contributed by atoms with E-state index in [0.29, 0.717) is 25.0 Å². The highest BCUT2D eigenvalue weighted by Gasteiger charge is 2.21. The van der Waals surface area contributed by atoms with Gasteiger partial charge in [-0.05, 0) is 87.4 Å². The third-order valence-corrected chi connectivity index (χ3v) is 6.47. The number of halogens is 1. The molecule has 2 N–H and O–H groups in total. The van der Waals surface area contributed by atoms with Gasteiger partial charge in [0.15, 0.2) is 5.78 Å². The third-order valence-electron chi connectivity index (χ3n) is 5.94. The van der Waals surface area contributed by atoms with Gasteiger partial charge in [-0.3, -0.25) is 9.59 Å². The average Bonchev–Trinajstić information content (AvgIpc) is 2.87. The fourth-order valence-corrected chi connectivity index (χ4v) is 4.01. The average molecular weight is 547 g/mol. The number of carbonyl (C=O) groups is 2. The standard InChI is InChI=1S/C28H40BrN3O3/c1-4-17-30-18-7-8-27(33)26(31-28(34)23-11-13-24(29)14-12-23)21-22-9-15-25(16-10-22)35-20-19-32(5-2)6-3/h9-16,26,30H,4-8,17-21H2,1-3H3,(H,31,34). The molecule has 192 valence electrons. The van der Waals surface area contributed by atoms with E-state index in [-0.39, 0.29) is 11.7 Å². The van der Waals surface area contributed by atoms with Crippen LogP contribution in [0, 0.1) is 0 Å². The Morgan fingerprint density at radius 2 is 1.66 bits per heavy atom. The zero-order valence-corrected chi connectivity index (χ0v) is 22.9. The zero-order valence-electron chi connectivity index (χ0n) is 21.3. The Balaban J connectivity index is 2.00. The highest BCUT2D eigenvalue weighted by molar-refractivity contribution is 9.10. The number of Topliss-reactive ketones (excluding diaryl/α,β-unsaturated/α-hetero) is 1. The summed E-state index contributed by atoms with van der Waals surface area (Å²) in [6, 6.07) is 14.4. The van der Waals surface area contributed by atoms with Crippen molar-refractivity contribution in [3.05, 3.63) is 64.1 Å². The Morgan fingerprint density at radius 3 is 2.29 bits per heavy atom. The minimum atomic E-state index is -0.577. The summed E-state index contributed by atoms with van der Waals surface area (Å²) in [6.07, 6.45) is 2.69. The number of carbonyl (C=O) groups excluding carboxylic acids is 2. The number of rotatable bonds is 17. The summed E-state index contributed by atoms with van der Waals surface area (Å²) in [5.74, 6) is 0.620. The lowest BCUT2D eigenvalue weighted by Gasteiger charge is -2.19. The first-order valence-electron chi connectivity index (χ1n) is 12.7. The quantitative estimate of drug-likeness (QED) is 0.278. The van der Waals surface area contributed by atoms with Crippen molar-refractivity contribution in [3.8, 4) is 5.75 Å². The Labute approximate surface area is 218 Å². The van der Waals surface area contributed by atoms with E-state index < -0.39 is 6.04 Å². The van der Waals surface area contributed by atoms with E-state index in [4.69, 9.17) is 4.74 Å². The molecule has 1 atom stereocenters. The van der Waals surface area contributed by atoms with Crippen molar-refractivity contribution >= 4 is 27.6 Å². The first-order valence-corrected chi connectivity index (χ1v) is 13.5. The van der Waals surface area contributed by atoms with Gasteiger partial charge in [0.1, 0.15) is 12.4 Å². The maximum Gasteiger partial charge on any atom is 0.251 e. The Morgan fingerprint density at radius 1 is 0.971 bits per heavy atom. The molecule has 0 aliphatic carbocycles. The van der Waals surface area contributed by atoms with Crippen molar-refractivity contribution in [3.63, 3.8) is 0 Å². The summed E-state index contributed by atoms with van der Waals surface area (Å²) in [7, 11) is 0. The van der Waals surface area contributed by atoms with Crippen molar-refractivity contribution in [2.75, 3.05) is 39.3 Å². The van der Waals surface area contributed by atoms with Crippen LogP contribution in [0.3, 0.4) is 0 Å². The van der Waals surface area contributed by atoms with Crippen LogP contribution in [-0.4, -0.2) is 62.0 Å². The van der Waals surface area contributed by atoms with E-state index in [1.54, 1.807) is 12.1 Å². The number of ether oxygens (including phenoxy) is 1. The molecule has 0 radical (unpaired) electrons. The van der Waals surface area contributed by atoms with Crippen molar-refractivity contribution in [2.24, 2.45) is 0 Å². The SMILES string of the molecule is CCCNCCCC(=O)C(Cc1ccc(OCCN(CC)CC)cc1)NC(=O)c1ccc(Br)cc1. The number of nitrogens with one attached hydrogen (secondary N) is 2. The van der Waals surface area contributed by atoms with Crippen LogP contribution in [0.4, 0.5) is 0 Å². The van der Waals surface area contributed by atoms with Crippen LogP contribution in [0.5, 0.6) is 5.75 Å². The Hall–Kier alpha value is -2.22. The maximum absolute atomic E-state index is 13.1. The van der Waals surface area contributed by atoms with Crippen LogP contribution in [0.1, 0.15) is 56.0 Å². The molecular weight excluding hydrogens is 506 g/mol. The normalized spacial score (nSPS) is 11.9. The number of hydrogen-bond donors (Lipinski definition) is 2. The molecule has 0 spiro atoms. The first kappa shape index (κ1) is 29.0. The molecular formula is C28H40BrN3O3. The van der Waals surface area contributed by atoms with Gasteiger partial charge in [-0.15, -0.1) is 0 Å². The highest BCUT2D eigenvalue weighted by atomic mass is 79.9. The molecule has 2 rings (SSSR count). The minimum Gasteiger partial charge on any atom is -0.492 e. The molecule has 0 saturated carbocycles.